The van der Waals surface area contributed by atoms with E-state index in [9.17, 15) is 14.9 Å². The third kappa shape index (κ3) is 2.89. The second-order valence-electron chi connectivity index (χ2n) is 3.65. The Labute approximate surface area is 112 Å². The summed E-state index contributed by atoms with van der Waals surface area (Å²) in [6.45, 7) is 0.197. The smallest absolute Gasteiger partial charge is 0.300 e. The summed E-state index contributed by atoms with van der Waals surface area (Å²) in [5.41, 5.74) is 0.223. The molecule has 1 heterocycles. The molecule has 0 aliphatic rings. The Morgan fingerprint density at radius 1 is 1.53 bits per heavy atom. The van der Waals surface area contributed by atoms with E-state index in [-0.39, 0.29) is 17.1 Å². The molecule has 7 nitrogen and oxygen atoms in total. The molecule has 0 fully saturated rings. The maximum atomic E-state index is 11.9. The number of nitrogens with zero attached hydrogens (tertiary/aromatic N) is 2. The number of rotatable bonds is 4. The molecule has 0 bridgehead atoms. The summed E-state index contributed by atoms with van der Waals surface area (Å²) in [6, 6.07) is 4.21. The molecule has 0 unspecified atom stereocenters. The van der Waals surface area contributed by atoms with Crippen molar-refractivity contribution in [2.45, 2.75) is 6.54 Å². The predicted molar refractivity (Wildman–Crippen MR) is 67.9 cm³/mol. The average molecular weight is 281 g/mol. The van der Waals surface area contributed by atoms with Crippen molar-refractivity contribution in [3.63, 3.8) is 0 Å². The van der Waals surface area contributed by atoms with Crippen LogP contribution in [-0.4, -0.2) is 20.8 Å². The molecule has 1 aromatic carbocycles. The van der Waals surface area contributed by atoms with E-state index < -0.39 is 16.5 Å². The second-order valence-corrected chi connectivity index (χ2v) is 4.06. The number of H-pyrrole nitrogens is 1. The van der Waals surface area contributed by atoms with Crippen LogP contribution >= 0.6 is 11.6 Å². The van der Waals surface area contributed by atoms with Crippen molar-refractivity contribution in [1.29, 1.82) is 0 Å². The number of amides is 1. The minimum atomic E-state index is -0.673. The van der Waals surface area contributed by atoms with Crippen LogP contribution in [0.4, 0.5) is 5.69 Å². The third-order valence-corrected chi connectivity index (χ3v) is 2.71. The lowest BCUT2D eigenvalue weighted by molar-refractivity contribution is -0.385. The molecule has 98 valence electrons. The van der Waals surface area contributed by atoms with Gasteiger partial charge in [-0.3, -0.25) is 14.9 Å². The lowest BCUT2D eigenvalue weighted by atomic mass is 10.1. The largest absolute Gasteiger partial charge is 0.347 e. The highest BCUT2D eigenvalue weighted by Gasteiger charge is 2.23. The number of imidazole rings is 1. The Morgan fingerprint density at radius 2 is 2.32 bits per heavy atom. The number of benzene rings is 1. The second kappa shape index (κ2) is 5.49. The van der Waals surface area contributed by atoms with E-state index in [1.54, 1.807) is 6.20 Å². The van der Waals surface area contributed by atoms with Crippen LogP contribution in [0.25, 0.3) is 0 Å². The average Bonchev–Trinajstić information content (AvgIpc) is 2.88. The molecule has 8 heteroatoms. The highest BCUT2D eigenvalue weighted by molar-refractivity contribution is 6.33. The van der Waals surface area contributed by atoms with Crippen molar-refractivity contribution < 1.29 is 9.72 Å². The lowest BCUT2D eigenvalue weighted by Crippen LogP contribution is -2.23. The van der Waals surface area contributed by atoms with Gasteiger partial charge in [-0.25, -0.2) is 4.98 Å². The van der Waals surface area contributed by atoms with E-state index >= 15 is 0 Å². The summed E-state index contributed by atoms with van der Waals surface area (Å²) < 4.78 is 0. The van der Waals surface area contributed by atoms with Crippen LogP contribution in [0.3, 0.4) is 0 Å². The summed E-state index contributed by atoms with van der Waals surface area (Å²) in [7, 11) is 0. The number of hydrogen-bond donors (Lipinski definition) is 2. The van der Waals surface area contributed by atoms with Crippen molar-refractivity contribution >= 4 is 23.2 Å². The molecule has 1 amide bonds. The third-order valence-electron chi connectivity index (χ3n) is 2.41. The first-order valence-electron chi connectivity index (χ1n) is 5.28. The van der Waals surface area contributed by atoms with E-state index in [0.717, 1.165) is 0 Å². The standard InChI is InChI=1S/C11H9ClN4O3/c12-9-3-1-2-8(10(9)16(18)19)11(17)14-5-7-4-13-6-15-7/h1-4,6H,5H2,(H,13,15)(H,14,17). The molecule has 2 N–H and O–H groups in total. The maximum absolute atomic E-state index is 11.9. The predicted octanol–water partition coefficient (Wildman–Crippen LogP) is 1.90. The van der Waals surface area contributed by atoms with Crippen molar-refractivity contribution in [3.05, 3.63) is 57.1 Å². The van der Waals surface area contributed by atoms with Gasteiger partial charge in [-0.15, -0.1) is 0 Å². The van der Waals surface area contributed by atoms with Crippen LogP contribution in [0, 0.1) is 10.1 Å². The maximum Gasteiger partial charge on any atom is 0.300 e. The van der Waals surface area contributed by atoms with Crippen LogP contribution in [0.1, 0.15) is 16.1 Å². The molecule has 0 aliphatic heterocycles. The number of carbonyl (C=O) groups excluding carboxylic acids is 1. The van der Waals surface area contributed by atoms with Crippen LogP contribution < -0.4 is 5.32 Å². The molecule has 2 rings (SSSR count). The zero-order valence-electron chi connectivity index (χ0n) is 9.59. The number of aromatic amines is 1. The molecule has 1 aromatic heterocycles. The molecule has 19 heavy (non-hydrogen) atoms. The van der Waals surface area contributed by atoms with Crippen molar-refractivity contribution in [2.75, 3.05) is 0 Å². The van der Waals surface area contributed by atoms with Crippen molar-refractivity contribution in [3.8, 4) is 0 Å². The number of carbonyl (C=O) groups is 1. The highest BCUT2D eigenvalue weighted by Crippen LogP contribution is 2.27. The number of para-hydroxylation sites is 1. The van der Waals surface area contributed by atoms with E-state index in [2.05, 4.69) is 15.3 Å². The van der Waals surface area contributed by atoms with Gasteiger partial charge in [0.25, 0.3) is 5.91 Å². The Balaban J connectivity index is 2.19. The number of nitro benzene ring substituents is 1. The van der Waals surface area contributed by atoms with Gasteiger partial charge in [0, 0.05) is 6.20 Å². The molecular formula is C11H9ClN4O3. The van der Waals surface area contributed by atoms with Gasteiger partial charge >= 0.3 is 5.69 Å². The van der Waals surface area contributed by atoms with E-state index in [0.29, 0.717) is 5.69 Å². The highest BCUT2D eigenvalue weighted by atomic mass is 35.5. The fraction of sp³-hybridized carbons (Fsp3) is 0.0909. The number of halogens is 1. The number of aromatic nitrogens is 2. The topological polar surface area (TPSA) is 101 Å². The minimum Gasteiger partial charge on any atom is -0.347 e. The van der Waals surface area contributed by atoms with Crippen LogP contribution in [0.5, 0.6) is 0 Å². The molecular weight excluding hydrogens is 272 g/mol. The van der Waals surface area contributed by atoms with Gasteiger partial charge in [-0.05, 0) is 12.1 Å². The number of nitro groups is 1. The molecule has 0 saturated carbocycles. The van der Waals surface area contributed by atoms with Crippen molar-refractivity contribution in [1.82, 2.24) is 15.3 Å². The van der Waals surface area contributed by atoms with Gasteiger partial charge in [0.1, 0.15) is 10.6 Å². The molecule has 2 aromatic rings. The zero-order chi connectivity index (χ0) is 13.8. The zero-order valence-corrected chi connectivity index (χ0v) is 10.3. The molecule has 0 saturated heterocycles. The van der Waals surface area contributed by atoms with Gasteiger partial charge in [0.05, 0.1) is 23.5 Å². The monoisotopic (exact) mass is 280 g/mol. The fourth-order valence-corrected chi connectivity index (χ4v) is 1.78. The first-order chi connectivity index (χ1) is 9.09. The van der Waals surface area contributed by atoms with E-state index in [1.807, 2.05) is 0 Å². The van der Waals surface area contributed by atoms with Crippen LogP contribution in [-0.2, 0) is 6.54 Å². The quantitative estimate of drug-likeness (QED) is 0.659. The molecule has 0 atom stereocenters. The Hall–Kier alpha value is -2.41. The summed E-state index contributed by atoms with van der Waals surface area (Å²) in [6.07, 6.45) is 3.02. The lowest BCUT2D eigenvalue weighted by Gasteiger charge is -2.05. The Kier molecular flexibility index (Phi) is 3.76. The first kappa shape index (κ1) is 13.0. The van der Waals surface area contributed by atoms with E-state index in [1.165, 1.54) is 24.5 Å². The van der Waals surface area contributed by atoms with Crippen LogP contribution in [0.15, 0.2) is 30.7 Å². The summed E-state index contributed by atoms with van der Waals surface area (Å²) in [5, 5.41) is 13.4. The minimum absolute atomic E-state index is 0.0702. The normalized spacial score (nSPS) is 10.2. The van der Waals surface area contributed by atoms with Gasteiger partial charge < -0.3 is 10.3 Å². The van der Waals surface area contributed by atoms with Gasteiger partial charge in [-0.1, -0.05) is 17.7 Å². The Morgan fingerprint density at radius 3 is 2.95 bits per heavy atom. The molecule has 0 aliphatic carbocycles. The van der Waals surface area contributed by atoms with Crippen LogP contribution in [0.2, 0.25) is 5.02 Å². The Bertz CT molecular complexity index is 612. The summed E-state index contributed by atoms with van der Waals surface area (Å²) in [5.74, 6) is -0.566. The SMILES string of the molecule is O=C(NCc1cnc[nH]1)c1cccc(Cl)c1[N+](=O)[O-]. The number of nitrogens with one attached hydrogen (secondary N) is 2. The van der Waals surface area contributed by atoms with Gasteiger partial charge in [0.2, 0.25) is 0 Å². The van der Waals surface area contributed by atoms with Gasteiger partial charge in [-0.2, -0.15) is 0 Å². The number of hydrogen-bond acceptors (Lipinski definition) is 4. The van der Waals surface area contributed by atoms with Gasteiger partial charge in [0.15, 0.2) is 0 Å². The molecule has 0 radical (unpaired) electrons. The fourth-order valence-electron chi connectivity index (χ4n) is 1.54. The van der Waals surface area contributed by atoms with Crippen molar-refractivity contribution in [2.24, 2.45) is 0 Å². The first-order valence-corrected chi connectivity index (χ1v) is 5.65. The molecule has 0 spiro atoms. The van der Waals surface area contributed by atoms with E-state index in [4.69, 9.17) is 11.6 Å². The summed E-state index contributed by atoms with van der Waals surface area (Å²) in [4.78, 5) is 28.7. The summed E-state index contributed by atoms with van der Waals surface area (Å²) >= 11 is 5.73.